The van der Waals surface area contributed by atoms with Crippen LogP contribution in [0.5, 0.6) is 0 Å². The van der Waals surface area contributed by atoms with Gasteiger partial charge in [-0.2, -0.15) is 5.10 Å². The normalized spacial score (nSPS) is 14.8. The molecule has 23 heavy (non-hydrogen) atoms. The number of carbonyl (C=O) groups is 1. The van der Waals surface area contributed by atoms with E-state index in [0.29, 0.717) is 18.0 Å². The maximum Gasteiger partial charge on any atom is 0.252 e. The van der Waals surface area contributed by atoms with Crippen molar-refractivity contribution in [2.24, 2.45) is 18.7 Å². The predicted octanol–water partition coefficient (Wildman–Crippen LogP) is 1.90. The van der Waals surface area contributed by atoms with Gasteiger partial charge in [0.2, 0.25) is 0 Å². The third kappa shape index (κ3) is 3.94. The van der Waals surface area contributed by atoms with E-state index in [9.17, 15) is 4.79 Å². The van der Waals surface area contributed by atoms with Gasteiger partial charge in [-0.25, -0.2) is 4.98 Å². The molecule has 1 aliphatic rings. The van der Waals surface area contributed by atoms with E-state index in [1.54, 1.807) is 4.68 Å². The number of carbonyl (C=O) groups excluding carboxylic acids is 1. The van der Waals surface area contributed by atoms with Gasteiger partial charge < -0.3 is 11.1 Å². The molecule has 1 amide bonds. The summed E-state index contributed by atoms with van der Waals surface area (Å²) in [5.41, 5.74) is 9.03. The number of hydrogen-bond donors (Lipinski definition) is 2. The summed E-state index contributed by atoms with van der Waals surface area (Å²) in [6, 6.07) is 1.87. The van der Waals surface area contributed by atoms with Gasteiger partial charge >= 0.3 is 0 Å². The Balaban J connectivity index is 0.00000132. The molecule has 3 N–H and O–H groups in total. The third-order valence-corrected chi connectivity index (χ3v) is 4.07. The maximum absolute atomic E-state index is 12.5. The zero-order chi connectivity index (χ0) is 15.1. The number of nitrogens with zero attached hydrogens (tertiary/aromatic N) is 3. The molecule has 2 aromatic rings. The Hall–Kier alpha value is -1.37. The van der Waals surface area contributed by atoms with E-state index < -0.39 is 0 Å². The van der Waals surface area contributed by atoms with E-state index in [0.717, 1.165) is 22.4 Å². The molecular weight excluding hydrogens is 337 g/mol. The Labute approximate surface area is 148 Å². The number of halogens is 2. The van der Waals surface area contributed by atoms with Gasteiger partial charge in [-0.1, -0.05) is 0 Å². The van der Waals surface area contributed by atoms with Gasteiger partial charge in [-0.3, -0.25) is 9.48 Å². The number of rotatable bonds is 4. The van der Waals surface area contributed by atoms with Crippen LogP contribution in [0.15, 0.2) is 6.07 Å². The summed E-state index contributed by atoms with van der Waals surface area (Å²) in [6.45, 7) is 4.30. The second-order valence-corrected chi connectivity index (χ2v) is 5.93. The van der Waals surface area contributed by atoms with Crippen LogP contribution in [0.1, 0.15) is 34.6 Å². The number of aromatic nitrogens is 3. The first-order valence-electron chi connectivity index (χ1n) is 7.32. The van der Waals surface area contributed by atoms with E-state index in [4.69, 9.17) is 5.73 Å². The fraction of sp³-hybridized carbons (Fsp3) is 0.533. The first-order valence-corrected chi connectivity index (χ1v) is 7.32. The minimum atomic E-state index is -0.0994. The Bertz CT molecular complexity index is 711. The SMILES string of the molecule is Cc1cc(C(=O)NCC(N)C2CC2)c2c(C)nn(C)c2n1.Cl.Cl. The number of nitrogens with one attached hydrogen (secondary N) is 1. The highest BCUT2D eigenvalue weighted by atomic mass is 35.5. The number of pyridine rings is 1. The quantitative estimate of drug-likeness (QED) is 0.872. The van der Waals surface area contributed by atoms with Crippen molar-refractivity contribution in [1.82, 2.24) is 20.1 Å². The first kappa shape index (κ1) is 19.7. The van der Waals surface area contributed by atoms with Crippen molar-refractivity contribution >= 4 is 41.8 Å². The van der Waals surface area contributed by atoms with Crippen LogP contribution >= 0.6 is 24.8 Å². The van der Waals surface area contributed by atoms with Crippen molar-refractivity contribution in [3.63, 3.8) is 0 Å². The summed E-state index contributed by atoms with van der Waals surface area (Å²) in [6.07, 6.45) is 2.36. The number of nitrogens with two attached hydrogens (primary N) is 1. The van der Waals surface area contributed by atoms with Crippen LogP contribution in [0.2, 0.25) is 0 Å². The smallest absolute Gasteiger partial charge is 0.252 e. The van der Waals surface area contributed by atoms with Crippen molar-refractivity contribution < 1.29 is 4.79 Å². The van der Waals surface area contributed by atoms with Crippen molar-refractivity contribution in [3.8, 4) is 0 Å². The van der Waals surface area contributed by atoms with E-state index in [1.165, 1.54) is 12.8 Å². The van der Waals surface area contributed by atoms with Gasteiger partial charge in [0, 0.05) is 25.3 Å². The van der Waals surface area contributed by atoms with Gasteiger partial charge in [0.05, 0.1) is 16.6 Å². The van der Waals surface area contributed by atoms with Crippen LogP contribution < -0.4 is 11.1 Å². The highest BCUT2D eigenvalue weighted by Gasteiger charge is 2.28. The minimum absolute atomic E-state index is 0. The highest BCUT2D eigenvalue weighted by Crippen LogP contribution is 2.31. The molecule has 0 aromatic carbocycles. The molecule has 0 bridgehead atoms. The van der Waals surface area contributed by atoms with Gasteiger partial charge in [0.15, 0.2) is 5.65 Å². The van der Waals surface area contributed by atoms with E-state index >= 15 is 0 Å². The molecule has 1 aliphatic carbocycles. The molecule has 8 heteroatoms. The zero-order valence-electron chi connectivity index (χ0n) is 13.5. The Kier molecular flexibility index (Phi) is 6.39. The monoisotopic (exact) mass is 359 g/mol. The highest BCUT2D eigenvalue weighted by molar-refractivity contribution is 6.06. The molecule has 1 fully saturated rings. The second kappa shape index (κ2) is 7.47. The lowest BCUT2D eigenvalue weighted by molar-refractivity contribution is 0.0951. The molecule has 3 rings (SSSR count). The second-order valence-electron chi connectivity index (χ2n) is 5.93. The average Bonchev–Trinajstić information content (AvgIpc) is 3.23. The summed E-state index contributed by atoms with van der Waals surface area (Å²) >= 11 is 0. The van der Waals surface area contributed by atoms with Crippen molar-refractivity contribution in [1.29, 1.82) is 0 Å². The van der Waals surface area contributed by atoms with Crippen LogP contribution in [0.25, 0.3) is 11.0 Å². The summed E-state index contributed by atoms with van der Waals surface area (Å²) in [5, 5.41) is 8.12. The Morgan fingerprint density at radius 1 is 1.43 bits per heavy atom. The van der Waals surface area contributed by atoms with Crippen LogP contribution in [0.3, 0.4) is 0 Å². The lowest BCUT2D eigenvalue weighted by Gasteiger charge is -2.12. The number of fused-ring (bicyclic) bond motifs is 1. The van der Waals surface area contributed by atoms with Gasteiger partial charge in [0.1, 0.15) is 0 Å². The van der Waals surface area contributed by atoms with Crippen LogP contribution in [0.4, 0.5) is 0 Å². The molecule has 0 aliphatic heterocycles. The molecule has 2 heterocycles. The van der Waals surface area contributed by atoms with Crippen LogP contribution in [-0.4, -0.2) is 33.3 Å². The molecular formula is C15H23Cl2N5O. The number of amides is 1. The summed E-state index contributed by atoms with van der Waals surface area (Å²) in [7, 11) is 1.84. The Morgan fingerprint density at radius 3 is 2.70 bits per heavy atom. The fourth-order valence-electron chi connectivity index (χ4n) is 2.75. The topological polar surface area (TPSA) is 85.8 Å². The molecule has 0 spiro atoms. The molecule has 1 atom stereocenters. The van der Waals surface area contributed by atoms with Crippen LogP contribution in [-0.2, 0) is 7.05 Å². The van der Waals surface area contributed by atoms with Crippen molar-refractivity contribution in [2.45, 2.75) is 32.7 Å². The number of aryl methyl sites for hydroxylation is 3. The molecule has 1 saturated carbocycles. The van der Waals surface area contributed by atoms with E-state index in [2.05, 4.69) is 15.4 Å². The predicted molar refractivity (Wildman–Crippen MR) is 95.5 cm³/mol. The fourth-order valence-corrected chi connectivity index (χ4v) is 2.75. The first-order chi connectivity index (χ1) is 9.97. The summed E-state index contributed by atoms with van der Waals surface area (Å²) < 4.78 is 1.71. The lowest BCUT2D eigenvalue weighted by Crippen LogP contribution is -2.38. The number of hydrogen-bond acceptors (Lipinski definition) is 4. The molecule has 0 radical (unpaired) electrons. The Morgan fingerprint density at radius 2 is 2.09 bits per heavy atom. The van der Waals surface area contributed by atoms with E-state index in [1.807, 2.05) is 27.0 Å². The van der Waals surface area contributed by atoms with Gasteiger partial charge in [-0.15, -0.1) is 24.8 Å². The van der Waals surface area contributed by atoms with Gasteiger partial charge in [0.25, 0.3) is 5.91 Å². The van der Waals surface area contributed by atoms with Gasteiger partial charge in [-0.05, 0) is 38.7 Å². The molecule has 1 unspecified atom stereocenters. The average molecular weight is 360 g/mol. The zero-order valence-corrected chi connectivity index (χ0v) is 15.1. The van der Waals surface area contributed by atoms with E-state index in [-0.39, 0.29) is 36.8 Å². The molecule has 6 nitrogen and oxygen atoms in total. The maximum atomic E-state index is 12.5. The van der Waals surface area contributed by atoms with Crippen molar-refractivity contribution in [3.05, 3.63) is 23.0 Å². The van der Waals surface area contributed by atoms with Crippen LogP contribution in [0, 0.1) is 19.8 Å². The third-order valence-electron chi connectivity index (χ3n) is 4.07. The summed E-state index contributed by atoms with van der Waals surface area (Å²) in [4.78, 5) is 17.0. The standard InChI is InChI=1S/C15H21N5O.2ClH/c1-8-6-11(13-9(2)19-20(3)14(13)18-8)15(21)17-7-12(16)10-4-5-10;;/h6,10,12H,4-5,7,16H2,1-3H3,(H,17,21);2*1H. The largest absolute Gasteiger partial charge is 0.350 e. The lowest BCUT2D eigenvalue weighted by atomic mass is 10.1. The summed E-state index contributed by atoms with van der Waals surface area (Å²) in [5.74, 6) is 0.474. The minimum Gasteiger partial charge on any atom is -0.350 e. The molecule has 2 aromatic heterocycles. The van der Waals surface area contributed by atoms with Crippen molar-refractivity contribution in [2.75, 3.05) is 6.54 Å². The molecule has 128 valence electrons. The molecule has 0 saturated heterocycles.